The number of hydrogen-bond donors (Lipinski definition) is 0. The predicted octanol–water partition coefficient (Wildman–Crippen LogP) is 4.33. The molecule has 5 aliphatic rings. The highest BCUT2D eigenvalue weighted by Gasteiger charge is 2.53. The molecule has 3 aliphatic carbocycles. The number of carbonyl (C=O) groups is 4. The SMILES string of the molecule is CC1=CC(C2CC(=O)N(C3CCC(CC4CCC(C)CC4)CC3)C2=O)CC2C(=O)N(C)C(=O)C12. The Bertz CT molecular complexity index is 894. The molecule has 2 aliphatic heterocycles. The molecule has 2 saturated carbocycles. The molecule has 0 N–H and O–H groups in total. The average molecular weight is 469 g/mol. The van der Waals surface area contributed by atoms with Gasteiger partial charge in [-0.1, -0.05) is 44.3 Å². The molecule has 4 unspecified atom stereocenters. The van der Waals surface area contributed by atoms with Crippen LogP contribution in [0, 0.1) is 41.4 Å². The van der Waals surface area contributed by atoms with Gasteiger partial charge in [0.05, 0.1) is 17.8 Å². The van der Waals surface area contributed by atoms with E-state index in [1.54, 1.807) is 11.9 Å². The summed E-state index contributed by atoms with van der Waals surface area (Å²) in [5.41, 5.74) is 0.875. The van der Waals surface area contributed by atoms with Crippen LogP contribution in [0.2, 0.25) is 0 Å². The Kier molecular flexibility index (Phi) is 6.45. The quantitative estimate of drug-likeness (QED) is 0.455. The molecule has 0 radical (unpaired) electrons. The topological polar surface area (TPSA) is 74.8 Å². The lowest BCUT2D eigenvalue weighted by Gasteiger charge is -2.36. The van der Waals surface area contributed by atoms with Crippen molar-refractivity contribution in [2.24, 2.45) is 41.4 Å². The molecule has 0 aromatic heterocycles. The molecule has 34 heavy (non-hydrogen) atoms. The van der Waals surface area contributed by atoms with Crippen molar-refractivity contribution in [3.8, 4) is 0 Å². The standard InChI is InChI=1S/C28H40N2O4/c1-16-4-6-18(7-5-16)13-19-8-10-21(11-9-19)30-24(31)15-22(27(30)33)20-12-17(2)25-23(14-20)26(32)29(3)28(25)34/h12,16,18-23,25H,4-11,13-15H2,1-3H3. The first-order valence-corrected chi connectivity index (χ1v) is 13.6. The second-order valence-electron chi connectivity index (χ2n) is 12.1. The van der Waals surface area contributed by atoms with E-state index in [4.69, 9.17) is 0 Å². The fourth-order valence-electron chi connectivity index (χ4n) is 7.78. The molecule has 4 amide bonds. The molecule has 6 heteroatoms. The van der Waals surface area contributed by atoms with Crippen molar-refractivity contribution in [2.75, 3.05) is 7.05 Å². The minimum absolute atomic E-state index is 0.0369. The molecule has 2 heterocycles. The second-order valence-corrected chi connectivity index (χ2v) is 12.1. The fraction of sp³-hybridized carbons (Fsp3) is 0.786. The first-order chi connectivity index (χ1) is 16.2. The van der Waals surface area contributed by atoms with Gasteiger partial charge in [0.2, 0.25) is 23.6 Å². The van der Waals surface area contributed by atoms with Gasteiger partial charge in [0, 0.05) is 19.5 Å². The monoisotopic (exact) mass is 468 g/mol. The van der Waals surface area contributed by atoms with E-state index < -0.39 is 0 Å². The number of likely N-dealkylation sites (tertiary alicyclic amines) is 2. The molecule has 6 nitrogen and oxygen atoms in total. The summed E-state index contributed by atoms with van der Waals surface area (Å²) in [6.45, 7) is 4.26. The van der Waals surface area contributed by atoms with Crippen LogP contribution in [0.15, 0.2) is 11.6 Å². The predicted molar refractivity (Wildman–Crippen MR) is 128 cm³/mol. The number of fused-ring (bicyclic) bond motifs is 1. The maximum atomic E-state index is 13.5. The van der Waals surface area contributed by atoms with Crippen LogP contribution in [0.3, 0.4) is 0 Å². The summed E-state index contributed by atoms with van der Waals surface area (Å²) >= 11 is 0. The van der Waals surface area contributed by atoms with Crippen molar-refractivity contribution in [3.05, 3.63) is 11.6 Å². The summed E-state index contributed by atoms with van der Waals surface area (Å²) in [5.74, 6) is 0.801. The first kappa shape index (κ1) is 23.7. The van der Waals surface area contributed by atoms with Crippen LogP contribution in [0.1, 0.15) is 84.5 Å². The van der Waals surface area contributed by atoms with Crippen LogP contribution in [0.4, 0.5) is 0 Å². The van der Waals surface area contributed by atoms with Crippen molar-refractivity contribution in [2.45, 2.75) is 90.5 Å². The van der Waals surface area contributed by atoms with Gasteiger partial charge in [-0.3, -0.25) is 29.0 Å². The molecule has 186 valence electrons. The van der Waals surface area contributed by atoms with Crippen molar-refractivity contribution in [1.29, 1.82) is 0 Å². The number of amides is 4. The molecule has 0 spiro atoms. The zero-order valence-corrected chi connectivity index (χ0v) is 21.0. The number of nitrogens with zero attached hydrogens (tertiary/aromatic N) is 2. The van der Waals surface area contributed by atoms with Crippen molar-refractivity contribution in [3.63, 3.8) is 0 Å². The van der Waals surface area contributed by atoms with Gasteiger partial charge in [-0.15, -0.1) is 0 Å². The van der Waals surface area contributed by atoms with E-state index in [1.165, 1.54) is 37.0 Å². The Morgan fingerprint density at radius 2 is 1.44 bits per heavy atom. The Morgan fingerprint density at radius 3 is 2.09 bits per heavy atom. The summed E-state index contributed by atoms with van der Waals surface area (Å²) in [7, 11) is 1.54. The van der Waals surface area contributed by atoms with Crippen LogP contribution in [-0.4, -0.2) is 46.5 Å². The van der Waals surface area contributed by atoms with E-state index in [1.807, 2.05) is 13.0 Å². The Labute approximate surface area is 203 Å². The van der Waals surface area contributed by atoms with Crippen molar-refractivity contribution in [1.82, 2.24) is 9.80 Å². The van der Waals surface area contributed by atoms with E-state index >= 15 is 0 Å². The Hall–Kier alpha value is -1.98. The van der Waals surface area contributed by atoms with Crippen LogP contribution in [0.5, 0.6) is 0 Å². The van der Waals surface area contributed by atoms with Gasteiger partial charge in [0.15, 0.2) is 0 Å². The lowest BCUT2D eigenvalue weighted by Crippen LogP contribution is -2.43. The Balaban J connectivity index is 1.20. The molecule has 0 bridgehead atoms. The molecule has 4 atom stereocenters. The van der Waals surface area contributed by atoms with Gasteiger partial charge in [0.1, 0.15) is 0 Å². The third-order valence-corrected chi connectivity index (χ3v) is 9.86. The molecule has 4 fully saturated rings. The number of imide groups is 2. The molecule has 5 rings (SSSR count). The van der Waals surface area contributed by atoms with E-state index in [2.05, 4.69) is 6.92 Å². The average Bonchev–Trinajstić information content (AvgIpc) is 3.24. The molecular formula is C28H40N2O4. The smallest absolute Gasteiger partial charge is 0.236 e. The minimum Gasteiger partial charge on any atom is -0.285 e. The maximum Gasteiger partial charge on any atom is 0.236 e. The van der Waals surface area contributed by atoms with Gasteiger partial charge >= 0.3 is 0 Å². The highest BCUT2D eigenvalue weighted by Crippen LogP contribution is 2.45. The van der Waals surface area contributed by atoms with E-state index in [9.17, 15) is 19.2 Å². The van der Waals surface area contributed by atoms with Gasteiger partial charge in [-0.2, -0.15) is 0 Å². The Morgan fingerprint density at radius 1 is 0.824 bits per heavy atom. The van der Waals surface area contributed by atoms with E-state index in [0.29, 0.717) is 6.42 Å². The number of allylic oxidation sites excluding steroid dienone is 1. The third kappa shape index (κ3) is 4.15. The van der Waals surface area contributed by atoms with Crippen LogP contribution in [-0.2, 0) is 19.2 Å². The summed E-state index contributed by atoms with van der Waals surface area (Å²) in [4.78, 5) is 54.4. The molecule has 0 aromatic rings. The fourth-order valence-corrected chi connectivity index (χ4v) is 7.78. The van der Waals surface area contributed by atoms with Crippen molar-refractivity contribution < 1.29 is 19.2 Å². The van der Waals surface area contributed by atoms with Gasteiger partial charge in [-0.05, 0) is 69.1 Å². The third-order valence-electron chi connectivity index (χ3n) is 9.86. The summed E-state index contributed by atoms with van der Waals surface area (Å²) in [5, 5.41) is 0. The minimum atomic E-state index is -0.390. The summed E-state index contributed by atoms with van der Waals surface area (Å²) in [6.07, 6.45) is 13.6. The largest absolute Gasteiger partial charge is 0.285 e. The zero-order valence-electron chi connectivity index (χ0n) is 21.0. The van der Waals surface area contributed by atoms with Gasteiger partial charge in [0.25, 0.3) is 0 Å². The summed E-state index contributed by atoms with van der Waals surface area (Å²) in [6, 6.07) is 0.0369. The zero-order chi connectivity index (χ0) is 24.1. The summed E-state index contributed by atoms with van der Waals surface area (Å²) < 4.78 is 0. The normalized spacial score (nSPS) is 41.2. The highest BCUT2D eigenvalue weighted by molar-refractivity contribution is 6.07. The first-order valence-electron chi connectivity index (χ1n) is 13.6. The van der Waals surface area contributed by atoms with Gasteiger partial charge < -0.3 is 0 Å². The van der Waals surface area contributed by atoms with Crippen LogP contribution < -0.4 is 0 Å². The molecule has 2 saturated heterocycles. The van der Waals surface area contributed by atoms with Crippen molar-refractivity contribution >= 4 is 23.6 Å². The van der Waals surface area contributed by atoms with E-state index in [-0.39, 0.29) is 59.8 Å². The lowest BCUT2D eigenvalue weighted by molar-refractivity contribution is -0.144. The van der Waals surface area contributed by atoms with E-state index in [0.717, 1.165) is 49.0 Å². The number of hydrogen-bond acceptors (Lipinski definition) is 4. The maximum absolute atomic E-state index is 13.5. The lowest BCUT2D eigenvalue weighted by atomic mass is 9.71. The van der Waals surface area contributed by atoms with Gasteiger partial charge in [-0.25, -0.2) is 0 Å². The molecule has 0 aromatic carbocycles. The van der Waals surface area contributed by atoms with Crippen LogP contribution >= 0.6 is 0 Å². The number of rotatable bonds is 4. The van der Waals surface area contributed by atoms with Crippen LogP contribution in [0.25, 0.3) is 0 Å². The highest BCUT2D eigenvalue weighted by atomic mass is 16.2. The second kappa shape index (κ2) is 9.23. The molecular weight excluding hydrogens is 428 g/mol. The number of carbonyl (C=O) groups excluding carboxylic acids is 4.